The number of carbonyl (C=O) groups is 4. The van der Waals surface area contributed by atoms with E-state index >= 15 is 0 Å². The molecule has 10 heteroatoms. The standard InChI is InChI=1S/C27H40N6O4/c1-27(2,3)22(26(37)33-15-17-10-7-11-18(17)21(33)23(28)34)32-25(36)20(16-8-5-4-6-9-16)31-24(35)19-14-29-12-13-30-19/h12-14,16-18,20-22H,4-11,15H2,1-3H3,(H2,28,34)(H,31,35)(H,32,36)/t17-,18-,20-,21?,22+/m0/s1. The van der Waals surface area contributed by atoms with E-state index in [0.29, 0.717) is 6.54 Å². The summed E-state index contributed by atoms with van der Waals surface area (Å²) in [6.45, 7) is 6.15. The van der Waals surface area contributed by atoms with Crippen molar-refractivity contribution in [2.24, 2.45) is 28.9 Å². The van der Waals surface area contributed by atoms with Gasteiger partial charge in [-0.05, 0) is 48.9 Å². The molecule has 1 aliphatic heterocycles. The molecule has 0 aromatic carbocycles. The lowest BCUT2D eigenvalue weighted by atomic mass is 9.82. The van der Waals surface area contributed by atoms with E-state index in [4.69, 9.17) is 5.73 Å². The van der Waals surface area contributed by atoms with Crippen LogP contribution in [0.3, 0.4) is 0 Å². The third-order valence-corrected chi connectivity index (χ3v) is 8.35. The van der Waals surface area contributed by atoms with Gasteiger partial charge in [-0.1, -0.05) is 46.5 Å². The van der Waals surface area contributed by atoms with Crippen LogP contribution in [0.4, 0.5) is 0 Å². The number of hydrogen-bond donors (Lipinski definition) is 3. The number of rotatable bonds is 7. The Hall–Kier alpha value is -3.04. The number of carbonyl (C=O) groups excluding carboxylic acids is 4. The van der Waals surface area contributed by atoms with Gasteiger partial charge in [0.1, 0.15) is 23.8 Å². The molecule has 4 rings (SSSR count). The summed E-state index contributed by atoms with van der Waals surface area (Å²) in [4.78, 5) is 62.6. The van der Waals surface area contributed by atoms with Crippen molar-refractivity contribution in [1.29, 1.82) is 0 Å². The first-order valence-electron chi connectivity index (χ1n) is 13.5. The second kappa shape index (κ2) is 11.1. The van der Waals surface area contributed by atoms with Crippen LogP contribution < -0.4 is 16.4 Å². The minimum Gasteiger partial charge on any atom is -0.368 e. The summed E-state index contributed by atoms with van der Waals surface area (Å²) in [5, 5.41) is 5.85. The van der Waals surface area contributed by atoms with Crippen LogP contribution in [0.1, 0.15) is 82.6 Å². The van der Waals surface area contributed by atoms with Crippen molar-refractivity contribution in [3.8, 4) is 0 Å². The van der Waals surface area contributed by atoms with Gasteiger partial charge in [0.2, 0.25) is 17.7 Å². The highest BCUT2D eigenvalue weighted by molar-refractivity contribution is 5.98. The molecule has 1 unspecified atom stereocenters. The van der Waals surface area contributed by atoms with Crippen molar-refractivity contribution < 1.29 is 19.2 Å². The highest BCUT2D eigenvalue weighted by Crippen LogP contribution is 2.43. The van der Waals surface area contributed by atoms with Gasteiger partial charge in [-0.2, -0.15) is 0 Å². The molecule has 4 N–H and O–H groups in total. The Balaban J connectivity index is 1.56. The zero-order valence-corrected chi connectivity index (χ0v) is 22.1. The molecule has 10 nitrogen and oxygen atoms in total. The Kier molecular flexibility index (Phi) is 8.14. The smallest absolute Gasteiger partial charge is 0.272 e. The molecule has 2 saturated carbocycles. The van der Waals surface area contributed by atoms with Crippen LogP contribution in [0.2, 0.25) is 0 Å². The van der Waals surface area contributed by atoms with Crippen molar-refractivity contribution in [2.45, 2.75) is 90.3 Å². The SMILES string of the molecule is CC(C)(C)[C@H](NC(=O)[C@@H](NC(=O)c1cnccn1)C1CCCCC1)C(=O)N1C[C@@H]2CCC[C@@H]2C1C(N)=O. The monoisotopic (exact) mass is 512 g/mol. The third-order valence-electron chi connectivity index (χ3n) is 8.35. The van der Waals surface area contributed by atoms with E-state index in [1.54, 1.807) is 4.90 Å². The third kappa shape index (κ3) is 5.93. The van der Waals surface area contributed by atoms with Crippen molar-refractivity contribution in [3.05, 3.63) is 24.3 Å². The maximum absolute atomic E-state index is 13.9. The lowest BCUT2D eigenvalue weighted by Gasteiger charge is -2.37. The van der Waals surface area contributed by atoms with Crippen molar-refractivity contribution >= 4 is 23.6 Å². The van der Waals surface area contributed by atoms with Crippen molar-refractivity contribution in [1.82, 2.24) is 25.5 Å². The summed E-state index contributed by atoms with van der Waals surface area (Å²) in [6.07, 6.45) is 11.8. The first kappa shape index (κ1) is 27.0. The van der Waals surface area contributed by atoms with E-state index in [2.05, 4.69) is 20.6 Å². The van der Waals surface area contributed by atoms with E-state index in [9.17, 15) is 19.2 Å². The van der Waals surface area contributed by atoms with Gasteiger partial charge in [-0.25, -0.2) is 4.98 Å². The zero-order chi connectivity index (χ0) is 26.7. The molecule has 4 amide bonds. The predicted octanol–water partition coefficient (Wildman–Crippen LogP) is 1.80. The molecule has 0 spiro atoms. The first-order chi connectivity index (χ1) is 17.6. The fourth-order valence-corrected chi connectivity index (χ4v) is 6.44. The second-order valence-electron chi connectivity index (χ2n) is 11.9. The lowest BCUT2D eigenvalue weighted by Crippen LogP contribution is -2.61. The molecule has 3 aliphatic rings. The van der Waals surface area contributed by atoms with Crippen LogP contribution in [-0.4, -0.2) is 63.2 Å². The molecule has 2 heterocycles. The molecular formula is C27H40N6O4. The average Bonchev–Trinajstić information content (AvgIpc) is 3.47. The van der Waals surface area contributed by atoms with Crippen molar-refractivity contribution in [2.75, 3.05) is 6.54 Å². The van der Waals surface area contributed by atoms with Crippen LogP contribution in [0.5, 0.6) is 0 Å². The zero-order valence-electron chi connectivity index (χ0n) is 22.1. The van der Waals surface area contributed by atoms with Gasteiger partial charge in [0.05, 0.1) is 6.20 Å². The topological polar surface area (TPSA) is 147 Å². The van der Waals surface area contributed by atoms with Crippen LogP contribution in [0.25, 0.3) is 0 Å². The molecule has 0 bridgehead atoms. The number of fused-ring (bicyclic) bond motifs is 1. The van der Waals surface area contributed by atoms with E-state index < -0.39 is 41.3 Å². The summed E-state index contributed by atoms with van der Waals surface area (Å²) < 4.78 is 0. The summed E-state index contributed by atoms with van der Waals surface area (Å²) in [5.41, 5.74) is 5.28. The number of amides is 4. The van der Waals surface area contributed by atoms with Gasteiger partial charge in [-0.15, -0.1) is 0 Å². The molecule has 1 aromatic rings. The van der Waals surface area contributed by atoms with Gasteiger partial charge in [0, 0.05) is 18.9 Å². The lowest BCUT2D eigenvalue weighted by molar-refractivity contribution is -0.144. The van der Waals surface area contributed by atoms with E-state index in [-0.39, 0.29) is 29.4 Å². The number of likely N-dealkylation sites (tertiary alicyclic amines) is 1. The summed E-state index contributed by atoms with van der Waals surface area (Å²) in [6, 6.07) is -2.33. The average molecular weight is 513 g/mol. The highest BCUT2D eigenvalue weighted by atomic mass is 16.2. The number of nitrogens with two attached hydrogens (primary N) is 1. The Bertz CT molecular complexity index is 1000. The Morgan fingerprint density at radius 2 is 1.73 bits per heavy atom. The van der Waals surface area contributed by atoms with Crippen LogP contribution in [0, 0.1) is 23.2 Å². The summed E-state index contributed by atoms with van der Waals surface area (Å²) in [5.74, 6) is -1.35. The molecule has 3 fully saturated rings. The van der Waals surface area contributed by atoms with E-state index in [1.165, 1.54) is 18.6 Å². The molecule has 1 saturated heterocycles. The second-order valence-corrected chi connectivity index (χ2v) is 11.9. The molecule has 5 atom stereocenters. The molecular weight excluding hydrogens is 472 g/mol. The molecule has 2 aliphatic carbocycles. The molecule has 1 aromatic heterocycles. The largest absolute Gasteiger partial charge is 0.368 e. The minimum absolute atomic E-state index is 0.0467. The van der Waals surface area contributed by atoms with Crippen LogP contribution in [-0.2, 0) is 14.4 Å². The minimum atomic E-state index is -0.875. The summed E-state index contributed by atoms with van der Waals surface area (Å²) >= 11 is 0. The summed E-state index contributed by atoms with van der Waals surface area (Å²) in [7, 11) is 0. The van der Waals surface area contributed by atoms with Gasteiger partial charge in [0.15, 0.2) is 0 Å². The maximum atomic E-state index is 13.9. The number of nitrogens with one attached hydrogen (secondary N) is 2. The maximum Gasteiger partial charge on any atom is 0.272 e. The number of primary amides is 1. The normalized spacial score (nSPS) is 25.7. The fraction of sp³-hybridized carbons (Fsp3) is 0.704. The van der Waals surface area contributed by atoms with E-state index in [1.807, 2.05) is 20.8 Å². The predicted molar refractivity (Wildman–Crippen MR) is 137 cm³/mol. The van der Waals surface area contributed by atoms with Gasteiger partial charge < -0.3 is 21.3 Å². The molecule has 202 valence electrons. The van der Waals surface area contributed by atoms with Gasteiger partial charge >= 0.3 is 0 Å². The highest BCUT2D eigenvalue weighted by Gasteiger charge is 2.51. The Labute approximate surface area is 218 Å². The first-order valence-corrected chi connectivity index (χ1v) is 13.5. The van der Waals surface area contributed by atoms with Crippen molar-refractivity contribution in [3.63, 3.8) is 0 Å². The fourth-order valence-electron chi connectivity index (χ4n) is 6.44. The quantitative estimate of drug-likeness (QED) is 0.507. The van der Waals surface area contributed by atoms with E-state index in [0.717, 1.165) is 51.4 Å². The number of hydrogen-bond acceptors (Lipinski definition) is 6. The molecule has 0 radical (unpaired) electrons. The number of nitrogens with zero attached hydrogens (tertiary/aromatic N) is 3. The Morgan fingerprint density at radius 3 is 2.35 bits per heavy atom. The van der Waals surface area contributed by atoms with Crippen LogP contribution >= 0.6 is 0 Å². The van der Waals surface area contributed by atoms with Crippen LogP contribution in [0.15, 0.2) is 18.6 Å². The number of aromatic nitrogens is 2. The van der Waals surface area contributed by atoms with Gasteiger partial charge in [-0.3, -0.25) is 24.2 Å². The Morgan fingerprint density at radius 1 is 1.00 bits per heavy atom. The molecule has 37 heavy (non-hydrogen) atoms. The van der Waals surface area contributed by atoms with Gasteiger partial charge in [0.25, 0.3) is 5.91 Å².